The number of carbonyl (C=O) groups excluding carboxylic acids is 1. The molecule has 6 rings (SSSR count). The van der Waals surface area contributed by atoms with Gasteiger partial charge < -0.3 is 15.1 Å². The molecule has 1 N–H and O–H groups in total. The minimum absolute atomic E-state index is 0.127. The fraction of sp³-hybridized carbons (Fsp3) is 0.529. The normalized spacial score (nSPS) is 25.7. The van der Waals surface area contributed by atoms with Crippen LogP contribution in [0, 0.1) is 5.82 Å². The van der Waals surface area contributed by atoms with E-state index in [1.165, 1.54) is 12.1 Å². The van der Waals surface area contributed by atoms with Crippen LogP contribution >= 0.6 is 0 Å². The van der Waals surface area contributed by atoms with Gasteiger partial charge in [0.2, 0.25) is 11.9 Å². The van der Waals surface area contributed by atoms with Crippen LogP contribution in [0.1, 0.15) is 51.4 Å². The van der Waals surface area contributed by atoms with Crippen molar-refractivity contribution in [3.05, 3.63) is 77.6 Å². The number of piperazine rings is 2. The summed E-state index contributed by atoms with van der Waals surface area (Å²) in [6.07, 6.45) is 6.13. The van der Waals surface area contributed by atoms with Gasteiger partial charge in [0.1, 0.15) is 5.82 Å². The van der Waals surface area contributed by atoms with Gasteiger partial charge in [-0.05, 0) is 50.6 Å². The molecule has 0 radical (unpaired) electrons. The largest absolute Gasteiger partial charge is 0.338 e. The Balaban J connectivity index is 1.16. The lowest BCUT2D eigenvalue weighted by Gasteiger charge is -2.48. The third kappa shape index (κ3) is 6.48. The average molecular weight is 601 g/mol. The van der Waals surface area contributed by atoms with Crippen molar-refractivity contribution in [1.82, 2.24) is 30.1 Å². The molecule has 3 aliphatic rings. The predicted octanol–water partition coefficient (Wildman–Crippen LogP) is 3.49. The number of carbonyl (C=O) groups is 1. The van der Waals surface area contributed by atoms with Crippen LogP contribution in [0.15, 0.2) is 55.0 Å². The van der Waals surface area contributed by atoms with Crippen molar-refractivity contribution in [3.63, 3.8) is 0 Å². The molecule has 2 aromatic heterocycles. The highest BCUT2D eigenvalue weighted by atomic mass is 19.1. The number of benzene rings is 1. The number of aromatic nitrogens is 3. The summed E-state index contributed by atoms with van der Waals surface area (Å²) in [5.41, 5.74) is 3.74. The van der Waals surface area contributed by atoms with E-state index in [0.29, 0.717) is 37.6 Å². The molecule has 0 aliphatic carbocycles. The Labute approximate surface area is 260 Å². The summed E-state index contributed by atoms with van der Waals surface area (Å²) in [6.45, 7) is 16.4. The lowest BCUT2D eigenvalue weighted by atomic mass is 9.88. The number of halogens is 1. The highest BCUT2D eigenvalue weighted by Crippen LogP contribution is 2.40. The molecule has 4 atom stereocenters. The quantitative estimate of drug-likeness (QED) is 0.442. The molecule has 3 aliphatic heterocycles. The highest BCUT2D eigenvalue weighted by Gasteiger charge is 2.41. The van der Waals surface area contributed by atoms with Crippen molar-refractivity contribution in [2.24, 2.45) is 0 Å². The molecule has 9 nitrogen and oxygen atoms in total. The maximum Gasteiger partial charge on any atom is 0.241 e. The van der Waals surface area contributed by atoms with Gasteiger partial charge in [-0.2, -0.15) is 0 Å². The number of fused-ring (bicyclic) bond motifs is 1. The lowest BCUT2D eigenvalue weighted by Crippen LogP contribution is -2.65. The first-order valence-corrected chi connectivity index (χ1v) is 15.9. The van der Waals surface area contributed by atoms with Gasteiger partial charge in [0.25, 0.3) is 0 Å². The van der Waals surface area contributed by atoms with Crippen LogP contribution in [0.5, 0.6) is 0 Å². The van der Waals surface area contributed by atoms with Crippen molar-refractivity contribution in [1.29, 1.82) is 0 Å². The van der Waals surface area contributed by atoms with Gasteiger partial charge in [-0.25, -0.2) is 14.4 Å². The summed E-state index contributed by atoms with van der Waals surface area (Å²) in [5.74, 6) is 0.667. The highest BCUT2D eigenvalue weighted by molar-refractivity contribution is 5.97. The summed E-state index contributed by atoms with van der Waals surface area (Å²) >= 11 is 0. The standard InChI is InChI=1S/C34H45FN8O/c1-23-17-40(29(15-38-23)20-42-24(2)18-41(19-25(42)3)33-36-11-6-12-37-33)21-32(44)43-22-34(4,5)30-16-39-28(14-31(30)43)13-26-7-9-27(35)10-8-26/h6-12,14,16,23-25,29,38H,13,15,17-22H2,1-5H3/t23?,24-,25-,29-/m1/s1. The van der Waals surface area contributed by atoms with Crippen LogP contribution in [0.4, 0.5) is 16.0 Å². The molecule has 2 saturated heterocycles. The third-order valence-corrected chi connectivity index (χ3v) is 9.53. The summed E-state index contributed by atoms with van der Waals surface area (Å²) in [7, 11) is 0. The van der Waals surface area contributed by atoms with Crippen molar-refractivity contribution in [2.45, 2.75) is 70.6 Å². The van der Waals surface area contributed by atoms with Crippen LogP contribution in [0.2, 0.25) is 0 Å². The number of hydrogen-bond donors (Lipinski definition) is 1. The van der Waals surface area contributed by atoms with E-state index in [9.17, 15) is 9.18 Å². The molecule has 1 aromatic carbocycles. The molecule has 2 fully saturated rings. The lowest BCUT2D eigenvalue weighted by molar-refractivity contribution is -0.121. The van der Waals surface area contributed by atoms with Crippen LogP contribution in [0.25, 0.3) is 0 Å². The van der Waals surface area contributed by atoms with E-state index < -0.39 is 0 Å². The minimum Gasteiger partial charge on any atom is -0.338 e. The predicted molar refractivity (Wildman–Crippen MR) is 172 cm³/mol. The van der Waals surface area contributed by atoms with Crippen LogP contribution in [-0.4, -0.2) is 101 Å². The fourth-order valence-electron chi connectivity index (χ4n) is 7.17. The topological polar surface area (TPSA) is 80.7 Å². The van der Waals surface area contributed by atoms with Gasteiger partial charge in [-0.1, -0.05) is 26.0 Å². The van der Waals surface area contributed by atoms with Gasteiger partial charge in [0.15, 0.2) is 0 Å². The summed E-state index contributed by atoms with van der Waals surface area (Å²) in [5, 5.41) is 3.67. The second kappa shape index (κ2) is 12.5. The number of rotatable bonds is 7. The van der Waals surface area contributed by atoms with Gasteiger partial charge in [-0.3, -0.25) is 19.6 Å². The summed E-state index contributed by atoms with van der Waals surface area (Å²) in [6, 6.07) is 11.6. The molecule has 0 spiro atoms. The summed E-state index contributed by atoms with van der Waals surface area (Å²) in [4.78, 5) is 37.0. The van der Waals surface area contributed by atoms with Crippen LogP contribution in [0.3, 0.4) is 0 Å². The smallest absolute Gasteiger partial charge is 0.241 e. The number of hydrogen-bond acceptors (Lipinski definition) is 8. The van der Waals surface area contributed by atoms with Gasteiger partial charge in [-0.15, -0.1) is 0 Å². The van der Waals surface area contributed by atoms with Gasteiger partial charge in [0.05, 0.1) is 12.2 Å². The molecule has 0 saturated carbocycles. The zero-order chi connectivity index (χ0) is 31.0. The zero-order valence-corrected chi connectivity index (χ0v) is 26.6. The molecular formula is C34H45FN8O. The Bertz CT molecular complexity index is 1440. The third-order valence-electron chi connectivity index (χ3n) is 9.53. The Morgan fingerprint density at radius 1 is 1.02 bits per heavy atom. The number of nitrogens with one attached hydrogen (secondary N) is 1. The van der Waals surface area contributed by atoms with Crippen molar-refractivity contribution in [3.8, 4) is 0 Å². The van der Waals surface area contributed by atoms with E-state index in [1.54, 1.807) is 24.5 Å². The maximum absolute atomic E-state index is 14.1. The van der Waals surface area contributed by atoms with Crippen molar-refractivity contribution in [2.75, 3.05) is 55.6 Å². The van der Waals surface area contributed by atoms with Crippen LogP contribution < -0.4 is 15.1 Å². The molecule has 5 heterocycles. The van der Waals surface area contributed by atoms with Crippen molar-refractivity contribution >= 4 is 17.5 Å². The Morgan fingerprint density at radius 3 is 2.43 bits per heavy atom. The fourth-order valence-corrected chi connectivity index (χ4v) is 7.17. The van der Waals surface area contributed by atoms with Crippen molar-refractivity contribution < 1.29 is 9.18 Å². The number of amides is 1. The molecular weight excluding hydrogens is 555 g/mol. The van der Waals surface area contributed by atoms with Gasteiger partial charge in [0, 0.05) is 105 Å². The first-order valence-electron chi connectivity index (χ1n) is 15.9. The SMILES string of the molecule is CC1CN(CC(=O)N2CC(C)(C)c3cnc(Cc4ccc(F)cc4)cc32)[C@@H](CN2[C@H](C)CN(c3ncccn3)C[C@H]2C)CN1. The molecule has 3 aromatic rings. The van der Waals surface area contributed by atoms with E-state index in [2.05, 4.69) is 70.7 Å². The molecule has 10 heteroatoms. The molecule has 234 valence electrons. The second-order valence-electron chi connectivity index (χ2n) is 13.6. The van der Waals surface area contributed by atoms with Crippen LogP contribution in [-0.2, 0) is 16.6 Å². The maximum atomic E-state index is 14.1. The monoisotopic (exact) mass is 600 g/mol. The molecule has 1 amide bonds. The molecule has 1 unspecified atom stereocenters. The average Bonchev–Trinajstić information content (AvgIpc) is 3.27. The number of pyridine rings is 1. The van der Waals surface area contributed by atoms with E-state index in [0.717, 1.165) is 61.2 Å². The number of nitrogens with zero attached hydrogens (tertiary/aromatic N) is 7. The van der Waals surface area contributed by atoms with E-state index >= 15 is 0 Å². The van der Waals surface area contributed by atoms with E-state index in [4.69, 9.17) is 4.98 Å². The Hall–Kier alpha value is -3.47. The number of anilines is 2. The first-order chi connectivity index (χ1) is 21.1. The second-order valence-corrected chi connectivity index (χ2v) is 13.6. The zero-order valence-electron chi connectivity index (χ0n) is 26.6. The molecule has 44 heavy (non-hydrogen) atoms. The Morgan fingerprint density at radius 2 is 1.73 bits per heavy atom. The first kappa shape index (κ1) is 30.6. The molecule has 0 bridgehead atoms. The van der Waals surface area contributed by atoms with E-state index in [1.807, 2.05) is 17.2 Å². The van der Waals surface area contributed by atoms with Gasteiger partial charge >= 0.3 is 0 Å². The van der Waals surface area contributed by atoms with E-state index in [-0.39, 0.29) is 23.2 Å². The minimum atomic E-state index is -0.248. The summed E-state index contributed by atoms with van der Waals surface area (Å²) < 4.78 is 13.4. The Kier molecular flexibility index (Phi) is 8.68.